The second-order valence-corrected chi connectivity index (χ2v) is 10.6. The SMILES string of the molecule is O=C1[C@H](CCCc2ccc(F)cc2)[C@@H](c2ccc(C[C@H]3O[C@H](CO)[C@@H](O)[C@H](O)[C@@H]3O)cc2)N1c1ccc(F)cc1. The quantitative estimate of drug-likeness (QED) is 0.303. The molecule has 2 fully saturated rings. The number of β-lactam (4-membered cyclic amide) rings is 1. The molecule has 5 rings (SSSR count). The number of hydrogen-bond acceptors (Lipinski definition) is 6. The minimum Gasteiger partial charge on any atom is -0.394 e. The maximum Gasteiger partial charge on any atom is 0.233 e. The summed E-state index contributed by atoms with van der Waals surface area (Å²) in [6.45, 7) is -0.488. The number of carbonyl (C=O) groups is 1. The molecule has 9 heteroatoms. The van der Waals surface area contributed by atoms with Gasteiger partial charge < -0.3 is 30.1 Å². The Balaban J connectivity index is 1.31. The van der Waals surface area contributed by atoms with E-state index in [-0.39, 0.29) is 35.9 Å². The average Bonchev–Trinajstić information content (AvgIpc) is 2.96. The summed E-state index contributed by atoms with van der Waals surface area (Å²) < 4.78 is 32.5. The highest BCUT2D eigenvalue weighted by Crippen LogP contribution is 2.45. The second-order valence-electron chi connectivity index (χ2n) is 10.6. The van der Waals surface area contributed by atoms with E-state index in [9.17, 15) is 34.0 Å². The van der Waals surface area contributed by atoms with Crippen molar-refractivity contribution < 1.29 is 38.7 Å². The summed E-state index contributed by atoms with van der Waals surface area (Å²) in [7, 11) is 0. The number of aryl methyl sites for hydroxylation is 1. The third kappa shape index (κ3) is 5.80. The molecule has 3 aromatic rings. The van der Waals surface area contributed by atoms with Crippen molar-refractivity contribution in [3.05, 3.63) is 101 Å². The van der Waals surface area contributed by atoms with E-state index >= 15 is 0 Å². The van der Waals surface area contributed by atoms with E-state index in [0.717, 1.165) is 23.1 Å². The molecule has 0 spiro atoms. The molecular weight excluding hydrogens is 520 g/mol. The molecule has 0 saturated carbocycles. The zero-order valence-corrected chi connectivity index (χ0v) is 21.8. The van der Waals surface area contributed by atoms with Gasteiger partial charge in [0.25, 0.3) is 0 Å². The summed E-state index contributed by atoms with van der Waals surface area (Å²) in [4.78, 5) is 14.9. The van der Waals surface area contributed by atoms with Gasteiger partial charge in [-0.25, -0.2) is 8.78 Å². The first kappa shape index (κ1) is 28.3. The maximum absolute atomic E-state index is 13.6. The number of aliphatic hydroxyl groups is 4. The Morgan fingerprint density at radius 2 is 1.32 bits per heavy atom. The van der Waals surface area contributed by atoms with Crippen LogP contribution in [0.3, 0.4) is 0 Å². The van der Waals surface area contributed by atoms with Crippen LogP contribution in [-0.2, 0) is 22.4 Å². The smallest absolute Gasteiger partial charge is 0.233 e. The Kier molecular flexibility index (Phi) is 8.58. The first-order valence-electron chi connectivity index (χ1n) is 13.5. The number of ether oxygens (including phenoxy) is 1. The van der Waals surface area contributed by atoms with Gasteiger partial charge in [0.05, 0.1) is 24.7 Å². The number of halogens is 2. The molecule has 0 unspecified atom stereocenters. The number of benzene rings is 3. The summed E-state index contributed by atoms with van der Waals surface area (Å²) in [6.07, 6.45) is -3.62. The van der Waals surface area contributed by atoms with E-state index < -0.39 is 37.1 Å². The third-order valence-corrected chi connectivity index (χ3v) is 7.96. The zero-order chi connectivity index (χ0) is 28.4. The van der Waals surface area contributed by atoms with Gasteiger partial charge in [-0.15, -0.1) is 0 Å². The highest BCUT2D eigenvalue weighted by Gasteiger charge is 2.48. The Bertz CT molecular complexity index is 1280. The number of rotatable bonds is 9. The Labute approximate surface area is 231 Å². The van der Waals surface area contributed by atoms with E-state index in [4.69, 9.17) is 4.74 Å². The molecule has 3 aromatic carbocycles. The van der Waals surface area contributed by atoms with Crippen LogP contribution in [0.25, 0.3) is 0 Å². The highest BCUT2D eigenvalue weighted by molar-refractivity contribution is 6.03. The van der Waals surface area contributed by atoms with Crippen LogP contribution < -0.4 is 4.90 Å². The van der Waals surface area contributed by atoms with Crippen LogP contribution in [0.1, 0.15) is 35.6 Å². The van der Waals surface area contributed by atoms with E-state index in [2.05, 4.69) is 0 Å². The Morgan fingerprint density at radius 1 is 0.750 bits per heavy atom. The van der Waals surface area contributed by atoms with Gasteiger partial charge in [0, 0.05) is 12.1 Å². The molecule has 0 aliphatic carbocycles. The van der Waals surface area contributed by atoms with Crippen molar-refractivity contribution >= 4 is 11.6 Å². The fourth-order valence-electron chi connectivity index (χ4n) is 5.71. The second kappa shape index (κ2) is 12.1. The number of nitrogens with zero attached hydrogens (tertiary/aromatic N) is 1. The summed E-state index contributed by atoms with van der Waals surface area (Å²) in [5.41, 5.74) is 3.31. The van der Waals surface area contributed by atoms with Crippen LogP contribution >= 0.6 is 0 Å². The molecule has 2 saturated heterocycles. The fourth-order valence-corrected chi connectivity index (χ4v) is 5.71. The summed E-state index contributed by atoms with van der Waals surface area (Å²) in [5.74, 6) is -0.993. The van der Waals surface area contributed by atoms with E-state index in [1.54, 1.807) is 29.2 Å². The number of amides is 1. The zero-order valence-electron chi connectivity index (χ0n) is 21.8. The molecule has 2 aliphatic rings. The first-order chi connectivity index (χ1) is 19.3. The van der Waals surface area contributed by atoms with Gasteiger partial charge in [0.2, 0.25) is 5.91 Å². The standard InChI is InChI=1S/C31H33F2NO6/c32-21-10-6-18(7-11-21)2-1-3-24-27(34(31(24)39)23-14-12-22(33)13-15-23)20-8-4-19(5-9-20)16-25-28(36)30(38)29(37)26(17-35)40-25/h4-15,24-30,35-38H,1-3,16-17H2/t24-,25-,26-,27-,28-,29-,30-/m1/s1. The number of aliphatic hydroxyl groups excluding tert-OH is 4. The third-order valence-electron chi connectivity index (χ3n) is 7.96. The van der Waals surface area contributed by atoms with Gasteiger partial charge in [-0.3, -0.25) is 4.79 Å². The predicted octanol–water partition coefficient (Wildman–Crippen LogP) is 3.08. The Hall–Kier alpha value is -3.21. The van der Waals surface area contributed by atoms with Gasteiger partial charge in [-0.05, 0) is 72.4 Å². The molecule has 7 atom stereocenters. The van der Waals surface area contributed by atoms with Gasteiger partial charge in [-0.2, -0.15) is 0 Å². The minimum absolute atomic E-state index is 0.0406. The monoisotopic (exact) mass is 553 g/mol. The van der Waals surface area contributed by atoms with Crippen molar-refractivity contribution in [2.24, 2.45) is 5.92 Å². The molecular formula is C31H33F2NO6. The van der Waals surface area contributed by atoms with Crippen LogP contribution in [0.15, 0.2) is 72.8 Å². The lowest BCUT2D eigenvalue weighted by Crippen LogP contribution is -2.59. The van der Waals surface area contributed by atoms with Gasteiger partial charge >= 0.3 is 0 Å². The van der Waals surface area contributed by atoms with E-state index in [1.165, 1.54) is 24.3 Å². The van der Waals surface area contributed by atoms with Crippen LogP contribution in [0, 0.1) is 17.6 Å². The lowest BCUT2D eigenvalue weighted by Gasteiger charge is -2.48. The minimum atomic E-state index is -1.43. The topological polar surface area (TPSA) is 110 Å². The van der Waals surface area contributed by atoms with Crippen molar-refractivity contribution in [3.63, 3.8) is 0 Å². The first-order valence-corrected chi connectivity index (χ1v) is 13.5. The summed E-state index contributed by atoms with van der Waals surface area (Å²) >= 11 is 0. The largest absolute Gasteiger partial charge is 0.394 e. The summed E-state index contributed by atoms with van der Waals surface area (Å²) in [6, 6.07) is 19.4. The average molecular weight is 554 g/mol. The lowest BCUT2D eigenvalue weighted by molar-refractivity contribution is -0.228. The van der Waals surface area contributed by atoms with Gasteiger partial charge in [0.1, 0.15) is 36.1 Å². The van der Waals surface area contributed by atoms with Crippen molar-refractivity contribution in [3.8, 4) is 0 Å². The van der Waals surface area contributed by atoms with E-state index in [0.29, 0.717) is 18.5 Å². The van der Waals surface area contributed by atoms with Crippen LogP contribution in [0.4, 0.5) is 14.5 Å². The molecule has 2 heterocycles. The molecule has 2 aliphatic heterocycles. The number of anilines is 1. The normalized spacial score (nSPS) is 28.4. The highest BCUT2D eigenvalue weighted by atomic mass is 19.1. The molecule has 0 bridgehead atoms. The van der Waals surface area contributed by atoms with Crippen LogP contribution in [-0.4, -0.2) is 63.5 Å². The molecule has 0 aromatic heterocycles. The Morgan fingerprint density at radius 3 is 1.95 bits per heavy atom. The lowest BCUT2D eigenvalue weighted by atomic mass is 9.78. The number of carbonyl (C=O) groups excluding carboxylic acids is 1. The van der Waals surface area contributed by atoms with Crippen molar-refractivity contribution in [2.75, 3.05) is 11.5 Å². The maximum atomic E-state index is 13.6. The van der Waals surface area contributed by atoms with E-state index in [1.807, 2.05) is 24.3 Å². The molecule has 40 heavy (non-hydrogen) atoms. The van der Waals surface area contributed by atoms with Gasteiger partial charge in [-0.1, -0.05) is 36.4 Å². The molecule has 1 amide bonds. The van der Waals surface area contributed by atoms with Crippen molar-refractivity contribution in [1.82, 2.24) is 0 Å². The molecule has 0 radical (unpaired) electrons. The predicted molar refractivity (Wildman–Crippen MR) is 143 cm³/mol. The van der Waals surface area contributed by atoms with Crippen molar-refractivity contribution in [2.45, 2.75) is 62.2 Å². The summed E-state index contributed by atoms with van der Waals surface area (Å²) in [5, 5.41) is 40.0. The van der Waals surface area contributed by atoms with Crippen LogP contribution in [0.2, 0.25) is 0 Å². The molecule has 212 valence electrons. The fraction of sp³-hybridized carbons (Fsp3) is 0.387. The van der Waals surface area contributed by atoms with Crippen molar-refractivity contribution in [1.29, 1.82) is 0 Å². The van der Waals surface area contributed by atoms with Crippen LogP contribution in [0.5, 0.6) is 0 Å². The molecule has 7 nitrogen and oxygen atoms in total. The molecule has 4 N–H and O–H groups in total. The number of hydrogen-bond donors (Lipinski definition) is 4. The van der Waals surface area contributed by atoms with Gasteiger partial charge in [0.15, 0.2) is 0 Å².